The van der Waals surface area contributed by atoms with E-state index < -0.39 is 0 Å². The van der Waals surface area contributed by atoms with Crippen LogP contribution in [0.3, 0.4) is 0 Å². The van der Waals surface area contributed by atoms with Crippen molar-refractivity contribution in [2.45, 2.75) is 26.7 Å². The van der Waals surface area contributed by atoms with Crippen LogP contribution < -0.4 is 10.2 Å². The number of hydrogen-bond donors (Lipinski definition) is 1. The Bertz CT molecular complexity index is 436. The molecule has 1 unspecified atom stereocenters. The molecule has 4 heteroatoms. The highest BCUT2D eigenvalue weighted by Crippen LogP contribution is 2.34. The van der Waals surface area contributed by atoms with E-state index in [1.807, 2.05) is 6.92 Å². The maximum absolute atomic E-state index is 6.24. The first-order valence-corrected chi connectivity index (χ1v) is 8.20. The zero-order valence-corrected chi connectivity index (χ0v) is 14.0. The third kappa shape index (κ3) is 3.87. The number of benzene rings is 1. The summed E-state index contributed by atoms with van der Waals surface area (Å²) in [7, 11) is 0. The van der Waals surface area contributed by atoms with Crippen LogP contribution in [0.25, 0.3) is 0 Å². The topological polar surface area (TPSA) is 15.3 Å². The van der Waals surface area contributed by atoms with Crippen molar-refractivity contribution in [2.24, 2.45) is 5.92 Å². The molecule has 106 valence electrons. The van der Waals surface area contributed by atoms with Crippen LogP contribution in [-0.2, 0) is 0 Å². The van der Waals surface area contributed by atoms with Gasteiger partial charge in [-0.05, 0) is 72.4 Å². The molecule has 19 heavy (non-hydrogen) atoms. The third-order valence-electron chi connectivity index (χ3n) is 3.71. The van der Waals surface area contributed by atoms with E-state index >= 15 is 0 Å². The lowest BCUT2D eigenvalue weighted by Gasteiger charge is -2.21. The van der Waals surface area contributed by atoms with E-state index in [4.69, 9.17) is 11.6 Å². The number of hydrogen-bond acceptors (Lipinski definition) is 2. The Kier molecular flexibility index (Phi) is 5.55. The Morgan fingerprint density at radius 3 is 3.00 bits per heavy atom. The highest BCUT2D eigenvalue weighted by molar-refractivity contribution is 9.10. The highest BCUT2D eigenvalue weighted by Gasteiger charge is 2.24. The highest BCUT2D eigenvalue weighted by atomic mass is 79.9. The minimum absolute atomic E-state index is 0.749. The van der Waals surface area contributed by atoms with Gasteiger partial charge in [0.2, 0.25) is 0 Å². The van der Waals surface area contributed by atoms with Crippen molar-refractivity contribution >= 4 is 33.2 Å². The standard InChI is InChI=1S/C15H22BrClN2/c1-3-5-18-9-12-4-6-19(10-12)15-8-14(17)11(2)7-13(15)16/h7-8,12,18H,3-6,9-10H2,1-2H3. The number of nitrogens with zero attached hydrogens (tertiary/aromatic N) is 1. The first-order chi connectivity index (χ1) is 9.11. The van der Waals surface area contributed by atoms with Gasteiger partial charge in [0.15, 0.2) is 0 Å². The smallest absolute Gasteiger partial charge is 0.0525 e. The van der Waals surface area contributed by atoms with Crippen molar-refractivity contribution in [3.8, 4) is 0 Å². The quantitative estimate of drug-likeness (QED) is 0.803. The molecule has 1 saturated heterocycles. The van der Waals surface area contributed by atoms with Crippen LogP contribution >= 0.6 is 27.5 Å². The van der Waals surface area contributed by atoms with Crippen molar-refractivity contribution in [1.29, 1.82) is 0 Å². The van der Waals surface area contributed by atoms with Gasteiger partial charge in [-0.3, -0.25) is 0 Å². The molecule has 0 aliphatic carbocycles. The molecule has 0 saturated carbocycles. The van der Waals surface area contributed by atoms with Crippen molar-refractivity contribution in [3.05, 3.63) is 27.2 Å². The molecule has 0 spiro atoms. The molecular formula is C15H22BrClN2. The summed E-state index contributed by atoms with van der Waals surface area (Å²) in [5.74, 6) is 0.749. The molecule has 2 nitrogen and oxygen atoms in total. The van der Waals surface area contributed by atoms with E-state index in [9.17, 15) is 0 Å². The zero-order valence-electron chi connectivity index (χ0n) is 11.7. The van der Waals surface area contributed by atoms with Crippen molar-refractivity contribution < 1.29 is 0 Å². The van der Waals surface area contributed by atoms with E-state index in [1.165, 1.54) is 18.5 Å². The maximum Gasteiger partial charge on any atom is 0.0525 e. The predicted octanol–water partition coefficient (Wildman–Crippen LogP) is 4.24. The van der Waals surface area contributed by atoms with E-state index in [-0.39, 0.29) is 0 Å². The lowest BCUT2D eigenvalue weighted by molar-refractivity contribution is 0.516. The molecule has 0 amide bonds. The number of halogens is 2. The second-order valence-corrected chi connectivity index (χ2v) is 6.62. The average molecular weight is 346 g/mol. The summed E-state index contributed by atoms with van der Waals surface area (Å²) in [4.78, 5) is 2.44. The minimum Gasteiger partial charge on any atom is -0.370 e. The number of rotatable bonds is 5. The molecule has 1 N–H and O–H groups in total. The Labute approximate surface area is 129 Å². The van der Waals surface area contributed by atoms with Crippen molar-refractivity contribution in [3.63, 3.8) is 0 Å². The lowest BCUT2D eigenvalue weighted by atomic mass is 10.1. The molecular weight excluding hydrogens is 324 g/mol. The van der Waals surface area contributed by atoms with Crippen LogP contribution in [0.4, 0.5) is 5.69 Å². The molecule has 0 aromatic heterocycles. The Morgan fingerprint density at radius 2 is 2.26 bits per heavy atom. The maximum atomic E-state index is 6.24. The molecule has 1 aliphatic rings. The molecule has 1 aromatic rings. The zero-order chi connectivity index (χ0) is 13.8. The number of nitrogens with one attached hydrogen (secondary N) is 1. The Hall–Kier alpha value is -0.250. The van der Waals surface area contributed by atoms with Gasteiger partial charge in [-0.2, -0.15) is 0 Å². The van der Waals surface area contributed by atoms with E-state index in [1.54, 1.807) is 0 Å². The molecule has 2 rings (SSSR count). The summed E-state index contributed by atoms with van der Waals surface area (Å²) in [6.07, 6.45) is 2.46. The molecule has 1 atom stereocenters. The van der Waals surface area contributed by atoms with Gasteiger partial charge < -0.3 is 10.2 Å². The molecule has 0 radical (unpaired) electrons. The van der Waals surface area contributed by atoms with Crippen molar-refractivity contribution in [1.82, 2.24) is 5.32 Å². The summed E-state index contributed by atoms with van der Waals surface area (Å²) < 4.78 is 1.15. The van der Waals surface area contributed by atoms with Crippen LogP contribution in [0.1, 0.15) is 25.3 Å². The first-order valence-electron chi connectivity index (χ1n) is 7.03. The SMILES string of the molecule is CCCNCC1CCN(c2cc(Cl)c(C)cc2Br)C1. The number of aryl methyl sites for hydroxylation is 1. The van der Waals surface area contributed by atoms with Crippen LogP contribution in [0, 0.1) is 12.8 Å². The fraction of sp³-hybridized carbons (Fsp3) is 0.600. The van der Waals surface area contributed by atoms with Gasteiger partial charge in [0.1, 0.15) is 0 Å². The summed E-state index contributed by atoms with van der Waals surface area (Å²) in [6.45, 7) is 8.74. The van der Waals surface area contributed by atoms with Crippen molar-refractivity contribution in [2.75, 3.05) is 31.1 Å². The largest absolute Gasteiger partial charge is 0.370 e. The fourth-order valence-corrected chi connectivity index (χ4v) is 3.45. The molecule has 1 aromatic carbocycles. The summed E-state index contributed by atoms with van der Waals surface area (Å²) in [5.41, 5.74) is 2.35. The van der Waals surface area contributed by atoms with Gasteiger partial charge in [-0.15, -0.1) is 0 Å². The average Bonchev–Trinajstić information content (AvgIpc) is 2.83. The van der Waals surface area contributed by atoms with Gasteiger partial charge in [-0.1, -0.05) is 18.5 Å². The normalized spacial score (nSPS) is 19.2. The van der Waals surface area contributed by atoms with Crippen LogP contribution in [0.15, 0.2) is 16.6 Å². The van der Waals surface area contributed by atoms with Gasteiger partial charge in [-0.25, -0.2) is 0 Å². The fourth-order valence-electron chi connectivity index (χ4n) is 2.58. The van der Waals surface area contributed by atoms with E-state index in [0.29, 0.717) is 0 Å². The van der Waals surface area contributed by atoms with Crippen LogP contribution in [0.2, 0.25) is 5.02 Å². The minimum atomic E-state index is 0.749. The van der Waals surface area contributed by atoms with E-state index in [2.05, 4.69) is 45.2 Å². The second-order valence-electron chi connectivity index (χ2n) is 5.36. The summed E-state index contributed by atoms with van der Waals surface area (Å²) in [5, 5.41) is 4.37. The monoisotopic (exact) mass is 344 g/mol. The molecule has 0 bridgehead atoms. The molecule has 1 fully saturated rings. The molecule has 1 heterocycles. The summed E-state index contributed by atoms with van der Waals surface area (Å²) in [6, 6.07) is 4.20. The molecule has 1 aliphatic heterocycles. The van der Waals surface area contributed by atoms with Gasteiger partial charge in [0.05, 0.1) is 5.69 Å². The Balaban J connectivity index is 1.99. The van der Waals surface area contributed by atoms with Crippen LogP contribution in [0.5, 0.6) is 0 Å². The first kappa shape index (κ1) is 15.1. The van der Waals surface area contributed by atoms with Crippen LogP contribution in [-0.4, -0.2) is 26.2 Å². The third-order valence-corrected chi connectivity index (χ3v) is 4.76. The van der Waals surface area contributed by atoms with Gasteiger partial charge >= 0.3 is 0 Å². The lowest BCUT2D eigenvalue weighted by Crippen LogP contribution is -2.27. The second kappa shape index (κ2) is 6.96. The van der Waals surface area contributed by atoms with Gasteiger partial charge in [0.25, 0.3) is 0 Å². The number of anilines is 1. The van der Waals surface area contributed by atoms with E-state index in [0.717, 1.165) is 47.2 Å². The summed E-state index contributed by atoms with van der Waals surface area (Å²) >= 11 is 9.90. The van der Waals surface area contributed by atoms with Gasteiger partial charge in [0, 0.05) is 22.6 Å². The Morgan fingerprint density at radius 1 is 1.47 bits per heavy atom. The predicted molar refractivity (Wildman–Crippen MR) is 87.4 cm³/mol.